The van der Waals surface area contributed by atoms with Gasteiger partial charge in [-0.05, 0) is 48.5 Å². The standard InChI is InChI=1S/C25H23N5O3S/c1-17(19-7-6-10-21(31)15-19)26-27-23(32)16-34-25-29-28-24(18-11-13-22(33-2)14-12-18)30(25)20-8-4-3-5-9-20/h3-15,26,31H,1,16H2,2H3,(H,27,32). The number of nitrogens with one attached hydrogen (secondary N) is 2. The molecule has 9 heteroatoms. The molecule has 3 aromatic carbocycles. The molecular formula is C25H23N5O3S. The summed E-state index contributed by atoms with van der Waals surface area (Å²) in [5.74, 6) is 1.37. The molecule has 0 atom stereocenters. The lowest BCUT2D eigenvalue weighted by Crippen LogP contribution is -2.37. The quantitative estimate of drug-likeness (QED) is 0.249. The van der Waals surface area contributed by atoms with Crippen molar-refractivity contribution >= 4 is 23.4 Å². The third kappa shape index (κ3) is 5.38. The Bertz CT molecular complexity index is 1290. The van der Waals surface area contributed by atoms with E-state index in [4.69, 9.17) is 4.74 Å². The van der Waals surface area contributed by atoms with Gasteiger partial charge in [-0.25, -0.2) is 0 Å². The van der Waals surface area contributed by atoms with E-state index in [1.807, 2.05) is 59.2 Å². The minimum absolute atomic E-state index is 0.105. The topological polar surface area (TPSA) is 101 Å². The van der Waals surface area contributed by atoms with Gasteiger partial charge in [-0.3, -0.25) is 20.2 Å². The zero-order valence-electron chi connectivity index (χ0n) is 18.4. The Labute approximate surface area is 201 Å². The lowest BCUT2D eigenvalue weighted by molar-refractivity contribution is -0.119. The second-order valence-corrected chi connectivity index (χ2v) is 8.14. The Kier molecular flexibility index (Phi) is 7.14. The molecule has 3 N–H and O–H groups in total. The molecule has 8 nitrogen and oxygen atoms in total. The van der Waals surface area contributed by atoms with Crippen LogP contribution in [0, 0.1) is 0 Å². The highest BCUT2D eigenvalue weighted by molar-refractivity contribution is 7.99. The monoisotopic (exact) mass is 473 g/mol. The molecule has 1 heterocycles. The zero-order chi connectivity index (χ0) is 23.9. The van der Waals surface area contributed by atoms with Gasteiger partial charge in [0.15, 0.2) is 11.0 Å². The second kappa shape index (κ2) is 10.6. The van der Waals surface area contributed by atoms with Crippen molar-refractivity contribution in [3.8, 4) is 28.6 Å². The summed E-state index contributed by atoms with van der Waals surface area (Å²) in [5, 5.41) is 18.9. The number of hydrazine groups is 1. The molecule has 0 unspecified atom stereocenters. The number of hydrogen-bond donors (Lipinski definition) is 3. The molecule has 0 radical (unpaired) electrons. The van der Waals surface area contributed by atoms with Crippen molar-refractivity contribution in [2.24, 2.45) is 0 Å². The molecule has 0 fully saturated rings. The number of benzene rings is 3. The fraction of sp³-hybridized carbons (Fsp3) is 0.0800. The Hall–Kier alpha value is -4.24. The normalized spacial score (nSPS) is 10.5. The number of aromatic nitrogens is 3. The van der Waals surface area contributed by atoms with Crippen molar-refractivity contribution in [2.45, 2.75) is 5.16 Å². The van der Waals surface area contributed by atoms with E-state index < -0.39 is 0 Å². The summed E-state index contributed by atoms with van der Waals surface area (Å²) < 4.78 is 7.16. The van der Waals surface area contributed by atoms with Gasteiger partial charge < -0.3 is 9.84 Å². The molecule has 0 spiro atoms. The third-order valence-electron chi connectivity index (χ3n) is 4.88. The molecular weight excluding hydrogens is 450 g/mol. The van der Waals surface area contributed by atoms with E-state index in [1.165, 1.54) is 11.8 Å². The summed E-state index contributed by atoms with van der Waals surface area (Å²) in [6.07, 6.45) is 0. The smallest absolute Gasteiger partial charge is 0.248 e. The maximum atomic E-state index is 12.5. The van der Waals surface area contributed by atoms with Crippen LogP contribution in [-0.2, 0) is 4.79 Å². The van der Waals surface area contributed by atoms with Gasteiger partial charge in [0.2, 0.25) is 5.91 Å². The van der Waals surface area contributed by atoms with E-state index in [0.29, 0.717) is 22.2 Å². The molecule has 0 aliphatic rings. The fourth-order valence-electron chi connectivity index (χ4n) is 3.18. The van der Waals surface area contributed by atoms with Gasteiger partial charge in [0, 0.05) is 16.8 Å². The van der Waals surface area contributed by atoms with Crippen molar-refractivity contribution in [2.75, 3.05) is 12.9 Å². The van der Waals surface area contributed by atoms with E-state index in [1.54, 1.807) is 31.4 Å². The van der Waals surface area contributed by atoms with Gasteiger partial charge in [-0.15, -0.1) is 10.2 Å². The highest BCUT2D eigenvalue weighted by atomic mass is 32.2. The highest BCUT2D eigenvalue weighted by Crippen LogP contribution is 2.29. The van der Waals surface area contributed by atoms with Gasteiger partial charge in [0.25, 0.3) is 0 Å². The number of nitrogens with zero attached hydrogens (tertiary/aromatic N) is 3. The summed E-state index contributed by atoms with van der Waals surface area (Å²) in [6.45, 7) is 3.88. The number of rotatable bonds is 9. The van der Waals surface area contributed by atoms with Gasteiger partial charge in [0.05, 0.1) is 18.6 Å². The first-order valence-corrected chi connectivity index (χ1v) is 11.3. The average Bonchev–Trinajstić information content (AvgIpc) is 3.30. The number of carbonyl (C=O) groups excluding carboxylic acids is 1. The van der Waals surface area contributed by atoms with Crippen LogP contribution in [-0.4, -0.2) is 38.6 Å². The minimum atomic E-state index is -0.264. The number of carbonyl (C=O) groups is 1. The number of phenolic OH excluding ortho intramolecular Hbond substituents is 1. The molecule has 1 amide bonds. The van der Waals surface area contributed by atoms with Gasteiger partial charge >= 0.3 is 0 Å². The van der Waals surface area contributed by atoms with Crippen LogP contribution in [0.2, 0.25) is 0 Å². The Morgan fingerprint density at radius 3 is 2.50 bits per heavy atom. The summed E-state index contributed by atoms with van der Waals surface area (Å²) in [4.78, 5) is 12.5. The summed E-state index contributed by atoms with van der Waals surface area (Å²) >= 11 is 1.27. The van der Waals surface area contributed by atoms with E-state index in [-0.39, 0.29) is 17.4 Å². The lowest BCUT2D eigenvalue weighted by Gasteiger charge is -2.12. The maximum absolute atomic E-state index is 12.5. The SMILES string of the molecule is C=C(NNC(=O)CSc1nnc(-c2ccc(OC)cc2)n1-c1ccccc1)c1cccc(O)c1. The van der Waals surface area contributed by atoms with E-state index in [9.17, 15) is 9.90 Å². The summed E-state index contributed by atoms with van der Waals surface area (Å²) in [6, 6.07) is 23.9. The average molecular weight is 474 g/mol. The molecule has 34 heavy (non-hydrogen) atoms. The van der Waals surface area contributed by atoms with Crippen LogP contribution in [0.4, 0.5) is 0 Å². The highest BCUT2D eigenvalue weighted by Gasteiger charge is 2.17. The third-order valence-corrected chi connectivity index (χ3v) is 5.80. The van der Waals surface area contributed by atoms with E-state index in [2.05, 4.69) is 27.6 Å². The Morgan fingerprint density at radius 1 is 1.03 bits per heavy atom. The van der Waals surface area contributed by atoms with Crippen LogP contribution in [0.5, 0.6) is 11.5 Å². The van der Waals surface area contributed by atoms with Crippen molar-refractivity contribution in [1.29, 1.82) is 0 Å². The van der Waals surface area contributed by atoms with Gasteiger partial charge in [-0.1, -0.05) is 48.7 Å². The molecule has 4 aromatic rings. The largest absolute Gasteiger partial charge is 0.508 e. The minimum Gasteiger partial charge on any atom is -0.508 e. The van der Waals surface area contributed by atoms with E-state index >= 15 is 0 Å². The Morgan fingerprint density at radius 2 is 1.79 bits per heavy atom. The fourth-order valence-corrected chi connectivity index (χ4v) is 3.93. The lowest BCUT2D eigenvalue weighted by atomic mass is 10.2. The summed E-state index contributed by atoms with van der Waals surface area (Å²) in [5.41, 5.74) is 8.28. The van der Waals surface area contributed by atoms with Crippen molar-refractivity contribution in [3.63, 3.8) is 0 Å². The molecule has 1 aromatic heterocycles. The number of ether oxygens (including phenoxy) is 1. The number of hydrogen-bond acceptors (Lipinski definition) is 7. The molecule has 0 aliphatic heterocycles. The van der Waals surface area contributed by atoms with Crippen LogP contribution in [0.15, 0.2) is 90.6 Å². The maximum Gasteiger partial charge on any atom is 0.248 e. The van der Waals surface area contributed by atoms with Crippen LogP contribution in [0.1, 0.15) is 5.56 Å². The van der Waals surface area contributed by atoms with Crippen molar-refractivity contribution in [1.82, 2.24) is 25.6 Å². The number of para-hydroxylation sites is 1. The van der Waals surface area contributed by atoms with Crippen LogP contribution in [0.25, 0.3) is 22.8 Å². The van der Waals surface area contributed by atoms with Crippen LogP contribution in [0.3, 0.4) is 0 Å². The van der Waals surface area contributed by atoms with Crippen LogP contribution < -0.4 is 15.6 Å². The molecule has 0 saturated carbocycles. The van der Waals surface area contributed by atoms with Crippen molar-refractivity contribution in [3.05, 3.63) is 91.0 Å². The van der Waals surface area contributed by atoms with Gasteiger partial charge in [0.1, 0.15) is 11.5 Å². The molecule has 4 rings (SSSR count). The predicted molar refractivity (Wildman–Crippen MR) is 132 cm³/mol. The predicted octanol–water partition coefficient (Wildman–Crippen LogP) is 4.03. The Balaban J connectivity index is 1.47. The zero-order valence-corrected chi connectivity index (χ0v) is 19.2. The molecule has 172 valence electrons. The van der Waals surface area contributed by atoms with Gasteiger partial charge in [-0.2, -0.15) is 0 Å². The number of aromatic hydroxyl groups is 1. The van der Waals surface area contributed by atoms with Crippen molar-refractivity contribution < 1.29 is 14.6 Å². The number of amides is 1. The number of phenols is 1. The molecule has 0 aliphatic carbocycles. The first-order chi connectivity index (χ1) is 16.5. The molecule has 0 bridgehead atoms. The first-order valence-electron chi connectivity index (χ1n) is 10.4. The number of thioether (sulfide) groups is 1. The number of methoxy groups -OCH3 is 1. The molecule has 0 saturated heterocycles. The summed E-state index contributed by atoms with van der Waals surface area (Å²) in [7, 11) is 1.62. The van der Waals surface area contributed by atoms with Crippen LogP contribution >= 0.6 is 11.8 Å². The second-order valence-electron chi connectivity index (χ2n) is 7.20. The first kappa shape index (κ1) is 22.9. The van der Waals surface area contributed by atoms with E-state index in [0.717, 1.165) is 17.0 Å².